The Morgan fingerprint density at radius 3 is 2.33 bits per heavy atom. The summed E-state index contributed by atoms with van der Waals surface area (Å²) in [6.07, 6.45) is 0. The molecule has 15 heavy (non-hydrogen) atoms. The molecule has 2 N–H and O–H groups in total. The minimum atomic E-state index is 0.588. The highest BCUT2D eigenvalue weighted by Crippen LogP contribution is 2.26. The summed E-state index contributed by atoms with van der Waals surface area (Å²) in [5.41, 5.74) is 10.2. The van der Waals surface area contributed by atoms with Crippen LogP contribution in [0.1, 0.15) is 11.3 Å². The van der Waals surface area contributed by atoms with E-state index in [1.54, 1.807) is 0 Å². The molecular weight excluding hydrogens is 184 g/mol. The lowest BCUT2D eigenvalue weighted by Crippen LogP contribution is -1.97. The summed E-state index contributed by atoms with van der Waals surface area (Å²) in [5, 5.41) is 0. The second-order valence-electron chi connectivity index (χ2n) is 3.69. The molecule has 76 valence electrons. The number of hydrogen-bond donors (Lipinski definition) is 1. The Balaban J connectivity index is 2.64. The second-order valence-corrected chi connectivity index (χ2v) is 3.69. The maximum absolute atomic E-state index is 5.70. The molecule has 1 heterocycles. The highest BCUT2D eigenvalue weighted by Gasteiger charge is 2.06. The Morgan fingerprint density at radius 1 is 1.07 bits per heavy atom. The van der Waals surface area contributed by atoms with Gasteiger partial charge in [0.25, 0.3) is 0 Å². The largest absolute Gasteiger partial charge is 0.384 e. The molecule has 0 spiro atoms. The van der Waals surface area contributed by atoms with Crippen molar-refractivity contribution in [1.29, 1.82) is 0 Å². The second kappa shape index (κ2) is 3.73. The van der Waals surface area contributed by atoms with Gasteiger partial charge < -0.3 is 5.73 Å². The fourth-order valence-corrected chi connectivity index (χ4v) is 1.90. The van der Waals surface area contributed by atoms with Gasteiger partial charge in [0.05, 0.1) is 0 Å². The zero-order valence-electron chi connectivity index (χ0n) is 8.99. The molecule has 0 amide bonds. The van der Waals surface area contributed by atoms with Gasteiger partial charge in [-0.1, -0.05) is 30.3 Å². The molecule has 0 aliphatic carbocycles. The van der Waals surface area contributed by atoms with E-state index in [1.807, 2.05) is 31.2 Å². The van der Waals surface area contributed by atoms with E-state index in [2.05, 4.69) is 24.0 Å². The number of nitrogens with two attached hydrogens (primary N) is 1. The maximum Gasteiger partial charge on any atom is 0.123 e. The summed E-state index contributed by atoms with van der Waals surface area (Å²) in [4.78, 5) is 4.29. The van der Waals surface area contributed by atoms with E-state index in [4.69, 9.17) is 5.73 Å². The van der Waals surface area contributed by atoms with E-state index in [-0.39, 0.29) is 0 Å². The van der Waals surface area contributed by atoms with Crippen molar-refractivity contribution in [3.63, 3.8) is 0 Å². The topological polar surface area (TPSA) is 38.9 Å². The van der Waals surface area contributed by atoms with E-state index in [0.29, 0.717) is 5.82 Å². The molecule has 0 aliphatic rings. The molecule has 2 rings (SSSR count). The molecule has 0 saturated heterocycles. The molecule has 0 saturated carbocycles. The van der Waals surface area contributed by atoms with Crippen LogP contribution in [0.2, 0.25) is 0 Å². The van der Waals surface area contributed by atoms with Crippen molar-refractivity contribution in [1.82, 2.24) is 4.98 Å². The van der Waals surface area contributed by atoms with Crippen molar-refractivity contribution in [2.24, 2.45) is 0 Å². The molecule has 0 unspecified atom stereocenters. The zero-order chi connectivity index (χ0) is 10.8. The van der Waals surface area contributed by atoms with Gasteiger partial charge >= 0.3 is 0 Å². The van der Waals surface area contributed by atoms with Gasteiger partial charge in [-0.3, -0.25) is 0 Å². The van der Waals surface area contributed by atoms with Crippen molar-refractivity contribution in [2.75, 3.05) is 5.73 Å². The zero-order valence-corrected chi connectivity index (χ0v) is 8.99. The molecule has 0 radical (unpaired) electrons. The van der Waals surface area contributed by atoms with Gasteiger partial charge in [-0.2, -0.15) is 0 Å². The number of nitrogen functional groups attached to an aromatic ring is 1. The van der Waals surface area contributed by atoms with Crippen molar-refractivity contribution >= 4 is 5.82 Å². The smallest absolute Gasteiger partial charge is 0.123 e. The third-order valence-corrected chi connectivity index (χ3v) is 2.48. The molecule has 0 fully saturated rings. The van der Waals surface area contributed by atoms with Gasteiger partial charge in [0.1, 0.15) is 5.82 Å². The highest BCUT2D eigenvalue weighted by atomic mass is 14.8. The van der Waals surface area contributed by atoms with Gasteiger partial charge in [0, 0.05) is 11.3 Å². The predicted octanol–water partition coefficient (Wildman–Crippen LogP) is 2.95. The number of hydrogen-bond acceptors (Lipinski definition) is 2. The molecule has 2 nitrogen and oxygen atoms in total. The third-order valence-electron chi connectivity index (χ3n) is 2.48. The van der Waals surface area contributed by atoms with Crippen LogP contribution in [0.15, 0.2) is 36.4 Å². The van der Waals surface area contributed by atoms with Crippen LogP contribution in [0.4, 0.5) is 5.82 Å². The summed E-state index contributed by atoms with van der Waals surface area (Å²) >= 11 is 0. The Morgan fingerprint density at radius 2 is 1.73 bits per heavy atom. The van der Waals surface area contributed by atoms with Gasteiger partial charge in [-0.25, -0.2) is 4.98 Å². The first-order valence-corrected chi connectivity index (χ1v) is 4.97. The van der Waals surface area contributed by atoms with Crippen molar-refractivity contribution in [2.45, 2.75) is 13.8 Å². The molecule has 1 aromatic heterocycles. The lowest BCUT2D eigenvalue weighted by Gasteiger charge is -2.09. The normalized spacial score (nSPS) is 10.3. The number of pyridine rings is 1. The lowest BCUT2D eigenvalue weighted by atomic mass is 9.99. The van der Waals surface area contributed by atoms with Crippen LogP contribution in [0, 0.1) is 13.8 Å². The Kier molecular flexibility index (Phi) is 2.42. The van der Waals surface area contributed by atoms with E-state index in [9.17, 15) is 0 Å². The minimum Gasteiger partial charge on any atom is -0.384 e. The van der Waals surface area contributed by atoms with Crippen LogP contribution in [0.25, 0.3) is 11.1 Å². The Labute approximate surface area is 89.8 Å². The first-order valence-electron chi connectivity index (χ1n) is 4.97. The van der Waals surface area contributed by atoms with Gasteiger partial charge in [-0.15, -0.1) is 0 Å². The standard InChI is InChI=1S/C13H14N2/c1-9-8-12(14)15-10(2)13(9)11-6-4-3-5-7-11/h3-8H,1-2H3,(H2,14,15). The number of benzene rings is 1. The summed E-state index contributed by atoms with van der Waals surface area (Å²) in [5.74, 6) is 0.588. The van der Waals surface area contributed by atoms with Crippen LogP contribution in [0.5, 0.6) is 0 Å². The minimum absolute atomic E-state index is 0.588. The van der Waals surface area contributed by atoms with Gasteiger partial charge in [0.2, 0.25) is 0 Å². The van der Waals surface area contributed by atoms with Crippen LogP contribution < -0.4 is 5.73 Å². The Bertz CT molecular complexity index is 452. The molecule has 2 aromatic rings. The number of aryl methyl sites for hydroxylation is 2. The lowest BCUT2D eigenvalue weighted by molar-refractivity contribution is 1.19. The summed E-state index contributed by atoms with van der Waals surface area (Å²) in [6, 6.07) is 12.2. The number of aromatic nitrogens is 1. The average molecular weight is 198 g/mol. The van der Waals surface area contributed by atoms with Crippen molar-refractivity contribution in [3.05, 3.63) is 47.7 Å². The number of nitrogens with zero attached hydrogens (tertiary/aromatic N) is 1. The SMILES string of the molecule is Cc1cc(N)nc(C)c1-c1ccccc1. The van der Waals surface area contributed by atoms with E-state index < -0.39 is 0 Å². The average Bonchev–Trinajstić information content (AvgIpc) is 2.17. The summed E-state index contributed by atoms with van der Waals surface area (Å²) in [6.45, 7) is 4.05. The van der Waals surface area contributed by atoms with Crippen LogP contribution in [0.3, 0.4) is 0 Å². The summed E-state index contributed by atoms with van der Waals surface area (Å²) in [7, 11) is 0. The van der Waals surface area contributed by atoms with E-state index in [1.165, 1.54) is 16.7 Å². The van der Waals surface area contributed by atoms with Crippen molar-refractivity contribution < 1.29 is 0 Å². The van der Waals surface area contributed by atoms with Crippen LogP contribution in [-0.2, 0) is 0 Å². The number of rotatable bonds is 1. The van der Waals surface area contributed by atoms with E-state index >= 15 is 0 Å². The number of anilines is 1. The fourth-order valence-electron chi connectivity index (χ4n) is 1.90. The van der Waals surface area contributed by atoms with Gasteiger partial charge in [-0.05, 0) is 31.0 Å². The van der Waals surface area contributed by atoms with E-state index in [0.717, 1.165) is 5.69 Å². The van der Waals surface area contributed by atoms with Crippen LogP contribution >= 0.6 is 0 Å². The first-order chi connectivity index (χ1) is 7.18. The van der Waals surface area contributed by atoms with Gasteiger partial charge in [0.15, 0.2) is 0 Å². The molecule has 1 aromatic carbocycles. The quantitative estimate of drug-likeness (QED) is 0.765. The highest BCUT2D eigenvalue weighted by molar-refractivity contribution is 5.70. The maximum atomic E-state index is 5.70. The molecule has 0 aliphatic heterocycles. The molecule has 0 bridgehead atoms. The Hall–Kier alpha value is -1.83. The molecular formula is C13H14N2. The van der Waals surface area contributed by atoms with Crippen LogP contribution in [-0.4, -0.2) is 4.98 Å². The molecule has 0 atom stereocenters. The molecule has 2 heteroatoms. The monoisotopic (exact) mass is 198 g/mol. The van der Waals surface area contributed by atoms with Crippen molar-refractivity contribution in [3.8, 4) is 11.1 Å². The fraction of sp³-hybridized carbons (Fsp3) is 0.154. The predicted molar refractivity (Wildman–Crippen MR) is 63.6 cm³/mol. The first kappa shape index (κ1) is 9.71. The third kappa shape index (κ3) is 1.84. The summed E-state index contributed by atoms with van der Waals surface area (Å²) < 4.78 is 0.